The number of anilines is 1. The van der Waals surface area contributed by atoms with Gasteiger partial charge in [0.05, 0.1) is 22.2 Å². The number of amides is 1. The van der Waals surface area contributed by atoms with Gasteiger partial charge in [0.25, 0.3) is 11.6 Å². The second-order valence-corrected chi connectivity index (χ2v) is 8.89. The van der Waals surface area contributed by atoms with E-state index in [9.17, 15) is 28.1 Å². The largest absolute Gasteiger partial charge is 0.486 e. The number of non-ortho nitro benzene ring substituents is 1. The van der Waals surface area contributed by atoms with Crippen molar-refractivity contribution in [3.63, 3.8) is 0 Å². The van der Waals surface area contributed by atoms with Gasteiger partial charge in [-0.05, 0) is 72.9 Å². The molecule has 0 spiro atoms. The number of nitrogens with zero attached hydrogens (tertiary/aromatic N) is 1. The number of carbonyl (C=O) groups excluding carboxylic acids is 1. The molecule has 3 aromatic carbocycles. The van der Waals surface area contributed by atoms with E-state index in [-0.39, 0.29) is 29.6 Å². The molecule has 1 aliphatic carbocycles. The highest BCUT2D eigenvalue weighted by atomic mass is 19.4. The van der Waals surface area contributed by atoms with Crippen molar-refractivity contribution in [3.8, 4) is 17.2 Å². The fraction of sp³-hybridized carbons (Fsp3) is 0.179. The first-order valence-corrected chi connectivity index (χ1v) is 11.9. The van der Waals surface area contributed by atoms with Gasteiger partial charge in [-0.2, -0.15) is 13.2 Å². The minimum Gasteiger partial charge on any atom is -0.486 e. The number of benzene rings is 3. The lowest BCUT2D eigenvalue weighted by Crippen LogP contribution is -2.11. The van der Waals surface area contributed by atoms with E-state index >= 15 is 0 Å². The number of ether oxygens (including phenoxy) is 2. The number of carbonyl (C=O) groups is 1. The van der Waals surface area contributed by atoms with Crippen LogP contribution < -0.4 is 14.8 Å². The Kier molecular flexibility index (Phi) is 6.97. The van der Waals surface area contributed by atoms with Crippen molar-refractivity contribution in [3.05, 3.63) is 111 Å². The van der Waals surface area contributed by atoms with Crippen LogP contribution in [-0.2, 0) is 25.6 Å². The number of nitrogens with one attached hydrogen (secondary N) is 1. The fourth-order valence-electron chi connectivity index (χ4n) is 4.25. The topological polar surface area (TPSA) is 104 Å². The van der Waals surface area contributed by atoms with Crippen LogP contribution in [0.15, 0.2) is 77.2 Å². The van der Waals surface area contributed by atoms with Crippen LogP contribution in [0, 0.1) is 10.1 Å². The van der Waals surface area contributed by atoms with E-state index in [0.29, 0.717) is 11.5 Å². The van der Waals surface area contributed by atoms with E-state index in [1.54, 1.807) is 6.07 Å². The van der Waals surface area contributed by atoms with E-state index in [1.165, 1.54) is 29.3 Å². The lowest BCUT2D eigenvalue weighted by Gasteiger charge is -2.11. The number of fused-ring (bicyclic) bond motifs is 1. The summed E-state index contributed by atoms with van der Waals surface area (Å²) in [5, 5.41) is 13.9. The Hall–Kier alpha value is -4.80. The third kappa shape index (κ3) is 6.20. The number of halogens is 3. The van der Waals surface area contributed by atoms with Gasteiger partial charge in [-0.1, -0.05) is 12.1 Å². The van der Waals surface area contributed by atoms with Gasteiger partial charge in [-0.3, -0.25) is 14.9 Å². The summed E-state index contributed by atoms with van der Waals surface area (Å²) < 4.78 is 55.9. The number of aryl methyl sites for hydroxylation is 2. The van der Waals surface area contributed by atoms with E-state index in [2.05, 4.69) is 5.32 Å². The Balaban J connectivity index is 1.27. The minimum atomic E-state index is -4.59. The molecule has 0 atom stereocenters. The molecule has 1 aromatic heterocycles. The monoisotopic (exact) mass is 538 g/mol. The lowest BCUT2D eigenvalue weighted by atomic mass is 10.1. The SMILES string of the molecule is O=C(Nc1cc(Oc2cccc(C(F)(F)F)c2)cc([N+](=O)[O-])c1)c1ccc(COc2ccc3c(c2)CCC3)o1. The molecule has 0 bridgehead atoms. The van der Waals surface area contributed by atoms with Crippen molar-refractivity contribution >= 4 is 17.3 Å². The molecule has 1 aliphatic rings. The van der Waals surface area contributed by atoms with E-state index in [0.717, 1.165) is 49.6 Å². The second kappa shape index (κ2) is 10.5. The zero-order valence-corrected chi connectivity index (χ0v) is 20.3. The summed E-state index contributed by atoms with van der Waals surface area (Å²) in [7, 11) is 0. The van der Waals surface area contributed by atoms with E-state index in [1.807, 2.05) is 18.2 Å². The molecule has 39 heavy (non-hydrogen) atoms. The molecule has 4 aromatic rings. The number of hydrogen-bond donors (Lipinski definition) is 1. The Morgan fingerprint density at radius 2 is 1.77 bits per heavy atom. The van der Waals surface area contributed by atoms with E-state index < -0.39 is 28.3 Å². The van der Waals surface area contributed by atoms with Crippen LogP contribution in [0.25, 0.3) is 0 Å². The molecule has 0 radical (unpaired) electrons. The maximum atomic E-state index is 13.0. The molecular formula is C28H21F3N2O6. The predicted molar refractivity (Wildman–Crippen MR) is 134 cm³/mol. The summed E-state index contributed by atoms with van der Waals surface area (Å²) in [6.45, 7) is 0.0951. The molecule has 1 amide bonds. The van der Waals surface area contributed by atoms with Gasteiger partial charge >= 0.3 is 6.18 Å². The quantitative estimate of drug-likeness (QED) is 0.186. The van der Waals surface area contributed by atoms with Crippen molar-refractivity contribution in [1.82, 2.24) is 0 Å². The maximum absolute atomic E-state index is 13.0. The summed E-state index contributed by atoms with van der Waals surface area (Å²) in [5.74, 6) is 0.0262. The third-order valence-electron chi connectivity index (χ3n) is 6.09. The molecule has 0 saturated heterocycles. The Labute approximate surface area is 220 Å². The molecule has 0 fully saturated rings. The molecule has 8 nitrogen and oxygen atoms in total. The Bertz CT molecular complexity index is 1550. The molecule has 0 unspecified atom stereocenters. The van der Waals surface area contributed by atoms with Gasteiger partial charge in [0.2, 0.25) is 0 Å². The van der Waals surface area contributed by atoms with Gasteiger partial charge < -0.3 is 19.2 Å². The van der Waals surface area contributed by atoms with E-state index in [4.69, 9.17) is 13.9 Å². The fourth-order valence-corrected chi connectivity index (χ4v) is 4.25. The molecule has 1 N–H and O–H groups in total. The maximum Gasteiger partial charge on any atom is 0.416 e. The van der Waals surface area contributed by atoms with Crippen molar-refractivity contribution in [2.45, 2.75) is 32.0 Å². The van der Waals surface area contributed by atoms with Gasteiger partial charge in [-0.25, -0.2) is 0 Å². The highest BCUT2D eigenvalue weighted by Gasteiger charge is 2.30. The number of alkyl halides is 3. The Morgan fingerprint density at radius 3 is 2.56 bits per heavy atom. The molecule has 5 rings (SSSR count). The van der Waals surface area contributed by atoms with Crippen LogP contribution in [-0.4, -0.2) is 10.8 Å². The lowest BCUT2D eigenvalue weighted by molar-refractivity contribution is -0.384. The van der Waals surface area contributed by atoms with Gasteiger partial charge in [0, 0.05) is 12.1 Å². The van der Waals surface area contributed by atoms with Crippen molar-refractivity contribution in [2.75, 3.05) is 5.32 Å². The number of nitro benzene ring substituents is 1. The first-order chi connectivity index (χ1) is 18.6. The second-order valence-electron chi connectivity index (χ2n) is 8.89. The average molecular weight is 538 g/mol. The summed E-state index contributed by atoms with van der Waals surface area (Å²) in [5.41, 5.74) is 1.21. The summed E-state index contributed by atoms with van der Waals surface area (Å²) in [4.78, 5) is 23.5. The van der Waals surface area contributed by atoms with Gasteiger partial charge in [-0.15, -0.1) is 0 Å². The number of hydrogen-bond acceptors (Lipinski definition) is 6. The smallest absolute Gasteiger partial charge is 0.416 e. The van der Waals surface area contributed by atoms with Crippen molar-refractivity contribution in [1.29, 1.82) is 0 Å². The summed E-state index contributed by atoms with van der Waals surface area (Å²) in [6.07, 6.45) is -1.38. The summed E-state index contributed by atoms with van der Waals surface area (Å²) >= 11 is 0. The van der Waals surface area contributed by atoms with Gasteiger partial charge in [0.15, 0.2) is 5.76 Å². The molecule has 200 valence electrons. The number of nitro groups is 1. The molecular weight excluding hydrogens is 517 g/mol. The normalized spacial score (nSPS) is 12.6. The van der Waals surface area contributed by atoms with Crippen LogP contribution in [0.5, 0.6) is 17.2 Å². The number of rotatable bonds is 8. The third-order valence-corrected chi connectivity index (χ3v) is 6.09. The molecule has 0 saturated carbocycles. The van der Waals surface area contributed by atoms with Crippen LogP contribution in [0.2, 0.25) is 0 Å². The number of furan rings is 1. The standard InChI is InChI=1S/C28H21F3N2O6/c29-28(30,31)19-5-2-6-23(12-19)38-25-14-20(13-21(15-25)33(35)36)32-27(34)26-10-9-24(39-26)16-37-22-8-7-17-3-1-4-18(17)11-22/h2,5-15H,1,3-4,16H2,(H,32,34). The van der Waals surface area contributed by atoms with Crippen molar-refractivity contribution < 1.29 is 36.8 Å². The van der Waals surface area contributed by atoms with Crippen LogP contribution in [0.4, 0.5) is 24.5 Å². The summed E-state index contributed by atoms with van der Waals surface area (Å²) in [6, 6.07) is 16.4. The van der Waals surface area contributed by atoms with Crippen LogP contribution >= 0.6 is 0 Å². The average Bonchev–Trinajstić information content (AvgIpc) is 3.56. The first-order valence-electron chi connectivity index (χ1n) is 11.9. The Morgan fingerprint density at radius 1 is 0.949 bits per heavy atom. The molecule has 0 aliphatic heterocycles. The highest BCUT2D eigenvalue weighted by Crippen LogP contribution is 2.34. The zero-order chi connectivity index (χ0) is 27.6. The van der Waals surface area contributed by atoms with Crippen LogP contribution in [0.1, 0.15) is 39.4 Å². The zero-order valence-electron chi connectivity index (χ0n) is 20.3. The first kappa shape index (κ1) is 25.8. The minimum absolute atomic E-state index is 0.0106. The molecule has 11 heteroatoms. The van der Waals surface area contributed by atoms with Crippen LogP contribution in [0.3, 0.4) is 0 Å². The molecule has 1 heterocycles. The predicted octanol–water partition coefficient (Wildman–Crippen LogP) is 7.32. The van der Waals surface area contributed by atoms with Gasteiger partial charge in [0.1, 0.15) is 29.6 Å². The highest BCUT2D eigenvalue weighted by molar-refractivity contribution is 6.02. The van der Waals surface area contributed by atoms with Crippen molar-refractivity contribution in [2.24, 2.45) is 0 Å².